The van der Waals surface area contributed by atoms with Crippen LogP contribution in [0.5, 0.6) is 5.75 Å². The van der Waals surface area contributed by atoms with Crippen molar-refractivity contribution in [2.24, 2.45) is 11.8 Å². The summed E-state index contributed by atoms with van der Waals surface area (Å²) in [6, 6.07) is 3.15. The summed E-state index contributed by atoms with van der Waals surface area (Å²) in [5, 5.41) is 0.776. The zero-order valence-corrected chi connectivity index (χ0v) is 24.3. The summed E-state index contributed by atoms with van der Waals surface area (Å²) in [7, 11) is 0. The highest BCUT2D eigenvalue weighted by Crippen LogP contribution is 2.42. The Kier molecular flexibility index (Phi) is 9.69. The number of piperidine rings is 1. The molecule has 5 atom stereocenters. The molecule has 0 spiro atoms. The van der Waals surface area contributed by atoms with Gasteiger partial charge < -0.3 is 23.7 Å². The van der Waals surface area contributed by atoms with E-state index >= 15 is 0 Å². The van der Waals surface area contributed by atoms with Crippen LogP contribution >= 0.6 is 23.2 Å². The van der Waals surface area contributed by atoms with E-state index in [2.05, 4.69) is 18.2 Å². The van der Waals surface area contributed by atoms with Gasteiger partial charge in [0.15, 0.2) is 11.9 Å². The highest BCUT2D eigenvalue weighted by atomic mass is 35.5. The Morgan fingerprint density at radius 2 is 2.06 bits per heavy atom. The van der Waals surface area contributed by atoms with Crippen LogP contribution < -0.4 is 9.46 Å². The molecule has 2 aliphatic rings. The van der Waals surface area contributed by atoms with E-state index in [0.29, 0.717) is 41.9 Å². The number of nitrogens with zero attached hydrogens (tertiary/aromatic N) is 1. The van der Waals surface area contributed by atoms with Gasteiger partial charge in [0.1, 0.15) is 17.1 Å². The molecule has 2 fully saturated rings. The molecule has 2 heterocycles. The maximum absolute atomic E-state index is 13.3. The van der Waals surface area contributed by atoms with E-state index in [-0.39, 0.29) is 30.4 Å². The lowest BCUT2D eigenvalue weighted by Crippen LogP contribution is -2.51. The maximum atomic E-state index is 13.3. The number of benzene rings is 1. The molecule has 1 amide bonds. The van der Waals surface area contributed by atoms with Gasteiger partial charge in [-0.3, -0.25) is 4.79 Å². The van der Waals surface area contributed by atoms with Gasteiger partial charge in [0, 0.05) is 36.1 Å². The average Bonchev–Trinajstić information content (AvgIpc) is 3.16. The number of ether oxygens (including phenoxy) is 3. The van der Waals surface area contributed by atoms with E-state index in [9.17, 15) is 9.35 Å². The Morgan fingerprint density at radius 3 is 2.61 bits per heavy atom. The second kappa shape index (κ2) is 11.8. The first-order valence-corrected chi connectivity index (χ1v) is 14.2. The fraction of sp³-hybridized carbons (Fsp3) is 0.654. The van der Waals surface area contributed by atoms with Gasteiger partial charge in [-0.25, -0.2) is 0 Å². The van der Waals surface area contributed by atoms with Crippen LogP contribution in [0, 0.1) is 11.8 Å². The van der Waals surface area contributed by atoms with E-state index in [1.807, 2.05) is 39.5 Å². The lowest BCUT2D eigenvalue weighted by molar-refractivity contribution is -0.162. The summed E-state index contributed by atoms with van der Waals surface area (Å²) in [4.78, 5) is 15.0. The quantitative estimate of drug-likeness (QED) is 0.343. The van der Waals surface area contributed by atoms with Crippen molar-refractivity contribution in [3.05, 3.63) is 40.4 Å². The molecule has 10 heteroatoms. The van der Waals surface area contributed by atoms with Crippen LogP contribution in [-0.2, 0) is 25.6 Å². The zero-order chi connectivity index (χ0) is 26.8. The first kappa shape index (κ1) is 29.6. The monoisotopic (exact) mass is 560 g/mol. The van der Waals surface area contributed by atoms with E-state index < -0.39 is 28.0 Å². The van der Waals surface area contributed by atoms with Crippen LogP contribution in [-0.4, -0.2) is 58.3 Å². The first-order valence-electron chi connectivity index (χ1n) is 12.2. The Morgan fingerprint density at radius 1 is 1.39 bits per heavy atom. The molecule has 7 nitrogen and oxygen atoms in total. The Hall–Kier alpha value is -1.00. The number of carbonyl (C=O) groups is 1. The van der Waals surface area contributed by atoms with E-state index in [0.717, 1.165) is 5.56 Å². The minimum absolute atomic E-state index is 0.0564. The van der Waals surface area contributed by atoms with Gasteiger partial charge in [0.2, 0.25) is 0 Å². The number of hydrogen-bond donors (Lipinski definition) is 1. The van der Waals surface area contributed by atoms with Crippen LogP contribution in [0.1, 0.15) is 59.6 Å². The van der Waals surface area contributed by atoms with Crippen LogP contribution in [0.4, 0.5) is 0 Å². The van der Waals surface area contributed by atoms with Crippen LogP contribution in [0.2, 0.25) is 10.0 Å². The Bertz CT molecular complexity index is 955. The SMILES string of the molecule is C=CCOc1cc(Cl)c(Cl)cc1[C@H](N[S+]([O-])C(C)(C)C)[C@H]1CCN(C(=O)[C@H]2COC(C)(C)O2)C[C@H]1C. The largest absolute Gasteiger partial charge is 0.598 e. The van der Waals surface area contributed by atoms with E-state index in [1.54, 1.807) is 18.2 Å². The number of nitrogens with one attached hydrogen (secondary N) is 1. The molecule has 202 valence electrons. The molecule has 0 radical (unpaired) electrons. The molecule has 2 saturated heterocycles. The average molecular weight is 562 g/mol. The number of likely N-dealkylation sites (tertiary alicyclic amines) is 1. The van der Waals surface area contributed by atoms with Crippen molar-refractivity contribution < 1.29 is 23.6 Å². The number of rotatable bonds is 8. The summed E-state index contributed by atoms with van der Waals surface area (Å²) in [5.41, 5.74) is 0.787. The molecular formula is C26H38Cl2N2O5S. The molecule has 1 aromatic rings. The topological polar surface area (TPSA) is 83.1 Å². The number of hydrogen-bond acceptors (Lipinski definition) is 6. The van der Waals surface area contributed by atoms with Gasteiger partial charge in [-0.2, -0.15) is 0 Å². The Labute approximate surface area is 228 Å². The molecule has 1 unspecified atom stereocenters. The predicted octanol–water partition coefficient (Wildman–Crippen LogP) is 5.29. The molecule has 0 saturated carbocycles. The third kappa shape index (κ3) is 7.10. The van der Waals surface area contributed by atoms with Gasteiger partial charge in [0.05, 0.1) is 22.7 Å². The predicted molar refractivity (Wildman–Crippen MR) is 145 cm³/mol. The summed E-state index contributed by atoms with van der Waals surface area (Å²) >= 11 is 11.4. The van der Waals surface area contributed by atoms with Crippen molar-refractivity contribution in [3.8, 4) is 5.75 Å². The fourth-order valence-electron chi connectivity index (χ4n) is 4.61. The molecule has 3 rings (SSSR count). The van der Waals surface area contributed by atoms with Crippen LogP contribution in [0.3, 0.4) is 0 Å². The highest BCUT2D eigenvalue weighted by Gasteiger charge is 2.43. The molecule has 0 aliphatic carbocycles. The minimum Gasteiger partial charge on any atom is -0.598 e. The van der Waals surface area contributed by atoms with Crippen molar-refractivity contribution in [2.45, 2.75) is 70.6 Å². The summed E-state index contributed by atoms with van der Waals surface area (Å²) in [5.74, 6) is -0.100. The molecular weight excluding hydrogens is 523 g/mol. The smallest absolute Gasteiger partial charge is 0.254 e. The number of amides is 1. The number of carbonyl (C=O) groups excluding carboxylic acids is 1. The summed E-state index contributed by atoms with van der Waals surface area (Å²) in [6.45, 7) is 16.9. The van der Waals surface area contributed by atoms with Crippen molar-refractivity contribution in [1.29, 1.82) is 0 Å². The summed E-state index contributed by atoms with van der Waals surface area (Å²) in [6.07, 6.45) is 1.76. The second-order valence-corrected chi connectivity index (χ2v) is 13.7. The maximum Gasteiger partial charge on any atom is 0.254 e. The minimum atomic E-state index is -1.36. The standard InChI is InChI=1S/C26H38Cl2N2O5S/c1-8-11-33-21-13-20(28)19(27)12-18(21)23(29-36(32)25(3,4)5)17-9-10-30(14-16(17)2)24(31)22-15-34-26(6,7)35-22/h8,12-13,16-17,22-23,29H,1,9-11,14-15H2,2-7H3/t16-,17+,22-,23-,36?/m1/s1. The van der Waals surface area contributed by atoms with E-state index in [1.165, 1.54) is 0 Å². The molecule has 1 aromatic carbocycles. The van der Waals surface area contributed by atoms with Gasteiger partial charge >= 0.3 is 0 Å². The third-order valence-corrected chi connectivity index (χ3v) is 8.83. The fourth-order valence-corrected chi connectivity index (χ4v) is 5.82. The zero-order valence-electron chi connectivity index (χ0n) is 21.9. The summed E-state index contributed by atoms with van der Waals surface area (Å²) < 4.78 is 33.5. The number of halogens is 2. The van der Waals surface area contributed by atoms with Crippen molar-refractivity contribution in [1.82, 2.24) is 9.62 Å². The van der Waals surface area contributed by atoms with Crippen LogP contribution in [0.25, 0.3) is 0 Å². The van der Waals surface area contributed by atoms with Gasteiger partial charge in [-0.05, 0) is 58.9 Å². The molecule has 1 N–H and O–H groups in total. The van der Waals surface area contributed by atoms with Crippen molar-refractivity contribution >= 4 is 40.5 Å². The molecule has 36 heavy (non-hydrogen) atoms. The van der Waals surface area contributed by atoms with Gasteiger partial charge in [-0.1, -0.05) is 42.8 Å². The van der Waals surface area contributed by atoms with E-state index in [4.69, 9.17) is 37.4 Å². The third-order valence-electron chi connectivity index (χ3n) is 6.53. The van der Waals surface area contributed by atoms with Gasteiger partial charge in [-0.15, -0.1) is 4.72 Å². The van der Waals surface area contributed by atoms with Crippen molar-refractivity contribution in [2.75, 3.05) is 26.3 Å². The van der Waals surface area contributed by atoms with Crippen LogP contribution in [0.15, 0.2) is 24.8 Å². The first-order chi connectivity index (χ1) is 16.7. The lowest BCUT2D eigenvalue weighted by Gasteiger charge is -2.42. The van der Waals surface area contributed by atoms with Crippen molar-refractivity contribution in [3.63, 3.8) is 0 Å². The molecule has 0 aromatic heterocycles. The lowest BCUT2D eigenvalue weighted by atomic mass is 9.78. The molecule has 0 bridgehead atoms. The highest BCUT2D eigenvalue weighted by molar-refractivity contribution is 7.90. The second-order valence-electron chi connectivity index (χ2n) is 10.9. The Balaban J connectivity index is 1.88. The van der Waals surface area contributed by atoms with Gasteiger partial charge in [0.25, 0.3) is 5.91 Å². The normalized spacial score (nSPS) is 25.9. The molecule has 2 aliphatic heterocycles.